The number of benzene rings is 1. The Balaban J connectivity index is 1.62. The van der Waals surface area contributed by atoms with Gasteiger partial charge in [-0.3, -0.25) is 4.72 Å². The van der Waals surface area contributed by atoms with Gasteiger partial charge in [0.05, 0.1) is 27.7 Å². The maximum absolute atomic E-state index is 15.2. The second-order valence-electron chi connectivity index (χ2n) is 8.07. The second-order valence-corrected chi connectivity index (χ2v) is 10.3. The molecule has 3 aromatic rings. The van der Waals surface area contributed by atoms with E-state index in [1.807, 2.05) is 0 Å². The van der Waals surface area contributed by atoms with Crippen LogP contribution in [0.5, 0.6) is 11.6 Å². The molecule has 1 aromatic carbocycles. The van der Waals surface area contributed by atoms with Crippen molar-refractivity contribution < 1.29 is 17.5 Å². The number of nitrogens with one attached hydrogen (secondary N) is 3. The second kappa shape index (κ2) is 11.1. The highest BCUT2D eigenvalue weighted by Gasteiger charge is 2.21. The third-order valence-corrected chi connectivity index (χ3v) is 7.09. The Morgan fingerprint density at radius 3 is 2.86 bits per heavy atom. The van der Waals surface area contributed by atoms with Gasteiger partial charge in [0, 0.05) is 25.0 Å². The van der Waals surface area contributed by atoms with E-state index in [-0.39, 0.29) is 34.1 Å². The van der Waals surface area contributed by atoms with Gasteiger partial charge in [0.25, 0.3) is 0 Å². The summed E-state index contributed by atoms with van der Waals surface area (Å²) in [5.74, 6) is -0.905. The van der Waals surface area contributed by atoms with Crippen molar-refractivity contribution in [3.05, 3.63) is 53.6 Å². The Morgan fingerprint density at radius 1 is 1.23 bits per heavy atom. The van der Waals surface area contributed by atoms with Crippen LogP contribution >= 0.6 is 11.6 Å². The van der Waals surface area contributed by atoms with Gasteiger partial charge in [0.1, 0.15) is 0 Å². The standard InChI is InChI=1S/C23H26ClFN6O3S/c1-2-13-35(32,33)31-19-8-7-17(24)21(20(19)25)34-22-16(6-4-11-27-22)18-9-12-28-23(30-18)29-15-5-3-10-26-14-15/h4,6-9,11-12,15,26,31H,2-3,5,10,13-14H2,1H3,(H,28,29,30)/t15-/m0/s1. The van der Waals surface area contributed by atoms with Crippen LogP contribution in [0.25, 0.3) is 11.3 Å². The molecule has 0 amide bonds. The van der Waals surface area contributed by atoms with E-state index in [9.17, 15) is 8.42 Å². The number of ether oxygens (including phenoxy) is 1. The highest BCUT2D eigenvalue weighted by molar-refractivity contribution is 7.92. The van der Waals surface area contributed by atoms with Crippen molar-refractivity contribution in [3.8, 4) is 22.9 Å². The van der Waals surface area contributed by atoms with Gasteiger partial charge >= 0.3 is 0 Å². The third kappa shape index (κ3) is 6.36. The number of hydrogen-bond donors (Lipinski definition) is 3. The fourth-order valence-corrected chi connectivity index (χ4v) is 5.01. The van der Waals surface area contributed by atoms with Crippen molar-refractivity contribution >= 4 is 33.3 Å². The third-order valence-electron chi connectivity index (χ3n) is 5.32. The lowest BCUT2D eigenvalue weighted by Gasteiger charge is -2.23. The zero-order chi connectivity index (χ0) is 24.8. The lowest BCUT2D eigenvalue weighted by atomic mass is 10.1. The predicted molar refractivity (Wildman–Crippen MR) is 134 cm³/mol. The molecule has 0 unspecified atom stereocenters. The molecule has 1 saturated heterocycles. The molecule has 0 saturated carbocycles. The molecule has 35 heavy (non-hydrogen) atoms. The molecule has 9 nitrogen and oxygen atoms in total. The van der Waals surface area contributed by atoms with Gasteiger partial charge in [-0.1, -0.05) is 18.5 Å². The number of halogens is 2. The van der Waals surface area contributed by atoms with Gasteiger partial charge in [0.2, 0.25) is 21.9 Å². The molecule has 0 spiro atoms. The molecule has 1 aliphatic heterocycles. The minimum Gasteiger partial charge on any atom is -0.434 e. The van der Waals surface area contributed by atoms with Gasteiger partial charge in [-0.05, 0) is 56.1 Å². The molecule has 3 heterocycles. The van der Waals surface area contributed by atoms with Gasteiger partial charge in [-0.2, -0.15) is 0 Å². The van der Waals surface area contributed by atoms with E-state index < -0.39 is 15.8 Å². The van der Waals surface area contributed by atoms with Crippen LogP contribution in [0.1, 0.15) is 26.2 Å². The van der Waals surface area contributed by atoms with E-state index in [4.69, 9.17) is 16.3 Å². The van der Waals surface area contributed by atoms with Crippen molar-refractivity contribution in [1.29, 1.82) is 0 Å². The fraction of sp³-hybridized carbons (Fsp3) is 0.348. The van der Waals surface area contributed by atoms with E-state index in [0.29, 0.717) is 23.6 Å². The normalized spacial score (nSPS) is 16.0. The number of piperidine rings is 1. The summed E-state index contributed by atoms with van der Waals surface area (Å²) < 4.78 is 47.5. The number of anilines is 2. The Labute approximate surface area is 208 Å². The SMILES string of the molecule is CCCS(=O)(=O)Nc1ccc(Cl)c(Oc2ncccc2-c2ccnc(N[C@H]3CCCNC3)n2)c1F. The molecule has 0 bridgehead atoms. The minimum absolute atomic E-state index is 0.0348. The van der Waals surface area contributed by atoms with Crippen LogP contribution in [0, 0.1) is 5.82 Å². The molecular formula is C23H26ClFN6O3S. The number of sulfonamides is 1. The zero-order valence-corrected chi connectivity index (χ0v) is 20.7. The van der Waals surface area contributed by atoms with Gasteiger partial charge in [-0.15, -0.1) is 0 Å². The maximum Gasteiger partial charge on any atom is 0.232 e. The summed E-state index contributed by atoms with van der Waals surface area (Å²) in [4.78, 5) is 13.1. The molecule has 4 rings (SSSR count). The number of pyridine rings is 1. The average Bonchev–Trinajstić information content (AvgIpc) is 2.84. The Hall–Kier alpha value is -3.02. The summed E-state index contributed by atoms with van der Waals surface area (Å²) in [7, 11) is -3.71. The first-order chi connectivity index (χ1) is 16.9. The summed E-state index contributed by atoms with van der Waals surface area (Å²) in [6, 6.07) is 7.96. The molecule has 1 fully saturated rings. The quantitative estimate of drug-likeness (QED) is 0.379. The smallest absolute Gasteiger partial charge is 0.232 e. The van der Waals surface area contributed by atoms with Gasteiger partial charge in [-0.25, -0.2) is 27.8 Å². The van der Waals surface area contributed by atoms with E-state index in [1.54, 1.807) is 31.3 Å². The fourth-order valence-electron chi connectivity index (χ4n) is 3.69. The lowest BCUT2D eigenvalue weighted by Crippen LogP contribution is -2.38. The molecular weight excluding hydrogens is 495 g/mol. The van der Waals surface area contributed by atoms with Crippen LogP contribution in [-0.2, 0) is 10.0 Å². The monoisotopic (exact) mass is 520 g/mol. The average molecular weight is 521 g/mol. The Kier molecular flexibility index (Phi) is 7.99. The maximum atomic E-state index is 15.2. The molecule has 12 heteroatoms. The van der Waals surface area contributed by atoms with E-state index >= 15 is 4.39 Å². The Bertz CT molecular complexity index is 1290. The van der Waals surface area contributed by atoms with Gasteiger partial charge in [0.15, 0.2) is 11.6 Å². The number of rotatable bonds is 9. The molecule has 0 aliphatic carbocycles. The summed E-state index contributed by atoms with van der Waals surface area (Å²) in [6.07, 6.45) is 5.58. The zero-order valence-electron chi connectivity index (χ0n) is 19.1. The first-order valence-electron chi connectivity index (χ1n) is 11.3. The van der Waals surface area contributed by atoms with Crippen LogP contribution in [0.4, 0.5) is 16.0 Å². The van der Waals surface area contributed by atoms with Crippen LogP contribution in [0.15, 0.2) is 42.7 Å². The van der Waals surface area contributed by atoms with Crippen LogP contribution in [-0.4, -0.2) is 48.3 Å². The molecule has 186 valence electrons. The first kappa shape index (κ1) is 25.1. The summed E-state index contributed by atoms with van der Waals surface area (Å²) in [5.41, 5.74) is 0.753. The van der Waals surface area contributed by atoms with Crippen molar-refractivity contribution in [2.75, 3.05) is 28.9 Å². The van der Waals surface area contributed by atoms with Crippen LogP contribution in [0.3, 0.4) is 0 Å². The topological polar surface area (TPSA) is 118 Å². The molecule has 1 aliphatic rings. The largest absolute Gasteiger partial charge is 0.434 e. The number of hydrogen-bond acceptors (Lipinski definition) is 8. The van der Waals surface area contributed by atoms with Crippen LogP contribution < -0.4 is 20.1 Å². The van der Waals surface area contributed by atoms with Crippen molar-refractivity contribution in [2.45, 2.75) is 32.2 Å². The highest BCUT2D eigenvalue weighted by atomic mass is 35.5. The van der Waals surface area contributed by atoms with Gasteiger partial charge < -0.3 is 15.4 Å². The molecule has 3 N–H and O–H groups in total. The van der Waals surface area contributed by atoms with Crippen molar-refractivity contribution in [1.82, 2.24) is 20.3 Å². The number of nitrogens with zero attached hydrogens (tertiary/aromatic N) is 3. The van der Waals surface area contributed by atoms with Crippen molar-refractivity contribution in [2.24, 2.45) is 0 Å². The lowest BCUT2D eigenvalue weighted by molar-refractivity contribution is 0.430. The van der Waals surface area contributed by atoms with E-state index in [1.165, 1.54) is 18.3 Å². The summed E-state index contributed by atoms with van der Waals surface area (Å²) >= 11 is 6.20. The molecule has 0 radical (unpaired) electrons. The Morgan fingerprint density at radius 2 is 2.09 bits per heavy atom. The summed E-state index contributed by atoms with van der Waals surface area (Å²) in [5, 5.41) is 6.63. The summed E-state index contributed by atoms with van der Waals surface area (Å²) in [6.45, 7) is 3.54. The van der Waals surface area contributed by atoms with Crippen LogP contribution in [0.2, 0.25) is 5.02 Å². The van der Waals surface area contributed by atoms with E-state index in [0.717, 1.165) is 25.9 Å². The molecule has 1 atom stereocenters. The first-order valence-corrected chi connectivity index (χ1v) is 13.3. The predicted octanol–water partition coefficient (Wildman–Crippen LogP) is 4.44. The van der Waals surface area contributed by atoms with E-state index in [2.05, 4.69) is 30.3 Å². The highest BCUT2D eigenvalue weighted by Crippen LogP contribution is 2.38. The minimum atomic E-state index is -3.71. The number of aromatic nitrogens is 3. The van der Waals surface area contributed by atoms with Crippen molar-refractivity contribution in [3.63, 3.8) is 0 Å². The molecule has 2 aromatic heterocycles.